The van der Waals surface area contributed by atoms with Gasteiger partial charge in [-0.1, -0.05) is 31.5 Å². The van der Waals surface area contributed by atoms with Crippen molar-refractivity contribution in [2.75, 3.05) is 26.2 Å². The summed E-state index contributed by atoms with van der Waals surface area (Å²) in [6, 6.07) is 7.68. The summed E-state index contributed by atoms with van der Waals surface area (Å²) in [7, 11) is 0. The second-order valence-corrected chi connectivity index (χ2v) is 6.49. The maximum Gasteiger partial charge on any atom is 0.253 e. The van der Waals surface area contributed by atoms with E-state index in [4.69, 9.17) is 0 Å². The normalized spacial score (nSPS) is 15.8. The monoisotopic (exact) mass is 302 g/mol. The van der Waals surface area contributed by atoms with E-state index in [9.17, 15) is 9.59 Å². The van der Waals surface area contributed by atoms with E-state index in [0.29, 0.717) is 25.4 Å². The van der Waals surface area contributed by atoms with Crippen molar-refractivity contribution in [2.45, 2.75) is 33.6 Å². The number of hydrogen-bond donors (Lipinski definition) is 0. The SMILES string of the molecule is Cc1ccc(C(=O)N2CCCN(C(=O)CC(C)C)CC2)cc1. The van der Waals surface area contributed by atoms with Crippen molar-refractivity contribution in [3.8, 4) is 0 Å². The van der Waals surface area contributed by atoms with Gasteiger partial charge in [-0.2, -0.15) is 0 Å². The van der Waals surface area contributed by atoms with Gasteiger partial charge < -0.3 is 9.80 Å². The Morgan fingerprint density at radius 1 is 1.00 bits per heavy atom. The average Bonchev–Trinajstić information content (AvgIpc) is 2.72. The minimum Gasteiger partial charge on any atom is -0.341 e. The average molecular weight is 302 g/mol. The van der Waals surface area contributed by atoms with Gasteiger partial charge in [-0.05, 0) is 31.4 Å². The predicted octanol–water partition coefficient (Wildman–Crippen LogP) is 2.72. The van der Waals surface area contributed by atoms with Gasteiger partial charge in [0.05, 0.1) is 0 Å². The zero-order valence-corrected chi connectivity index (χ0v) is 13.8. The molecular formula is C18H26N2O2. The van der Waals surface area contributed by atoms with Crippen LogP contribution in [0.4, 0.5) is 0 Å². The second kappa shape index (κ2) is 7.43. The van der Waals surface area contributed by atoms with Gasteiger partial charge in [-0.3, -0.25) is 9.59 Å². The molecule has 1 aliphatic rings. The maximum absolute atomic E-state index is 12.5. The summed E-state index contributed by atoms with van der Waals surface area (Å²) in [6.45, 7) is 8.87. The number of aryl methyl sites for hydroxylation is 1. The van der Waals surface area contributed by atoms with E-state index in [1.165, 1.54) is 0 Å². The lowest BCUT2D eigenvalue weighted by atomic mass is 10.1. The van der Waals surface area contributed by atoms with Crippen LogP contribution in [0.3, 0.4) is 0 Å². The first-order chi connectivity index (χ1) is 10.5. The Kier molecular flexibility index (Phi) is 5.58. The molecular weight excluding hydrogens is 276 g/mol. The highest BCUT2D eigenvalue weighted by Gasteiger charge is 2.22. The minimum absolute atomic E-state index is 0.0677. The summed E-state index contributed by atoms with van der Waals surface area (Å²) in [5.41, 5.74) is 1.88. The van der Waals surface area contributed by atoms with Crippen molar-refractivity contribution in [1.29, 1.82) is 0 Å². The fraction of sp³-hybridized carbons (Fsp3) is 0.556. The van der Waals surface area contributed by atoms with Crippen LogP contribution in [0, 0.1) is 12.8 Å². The molecule has 1 fully saturated rings. The van der Waals surface area contributed by atoms with Crippen molar-refractivity contribution in [2.24, 2.45) is 5.92 Å². The first-order valence-electron chi connectivity index (χ1n) is 8.11. The Morgan fingerprint density at radius 2 is 1.59 bits per heavy atom. The van der Waals surface area contributed by atoms with Crippen molar-refractivity contribution in [3.63, 3.8) is 0 Å². The van der Waals surface area contributed by atoms with Gasteiger partial charge in [0.2, 0.25) is 5.91 Å². The van der Waals surface area contributed by atoms with E-state index >= 15 is 0 Å². The van der Waals surface area contributed by atoms with Gasteiger partial charge in [0.25, 0.3) is 5.91 Å². The number of carbonyl (C=O) groups excluding carboxylic acids is 2. The molecule has 22 heavy (non-hydrogen) atoms. The Hall–Kier alpha value is -1.84. The molecule has 4 heteroatoms. The zero-order chi connectivity index (χ0) is 16.1. The van der Waals surface area contributed by atoms with Gasteiger partial charge in [0.1, 0.15) is 0 Å². The van der Waals surface area contributed by atoms with Crippen LogP contribution >= 0.6 is 0 Å². The topological polar surface area (TPSA) is 40.6 Å². The van der Waals surface area contributed by atoms with Crippen molar-refractivity contribution in [1.82, 2.24) is 9.80 Å². The summed E-state index contributed by atoms with van der Waals surface area (Å²) in [6.07, 6.45) is 1.44. The molecule has 2 amide bonds. The van der Waals surface area contributed by atoms with E-state index in [-0.39, 0.29) is 11.8 Å². The van der Waals surface area contributed by atoms with Gasteiger partial charge in [0.15, 0.2) is 0 Å². The molecule has 120 valence electrons. The molecule has 0 bridgehead atoms. The van der Waals surface area contributed by atoms with E-state index in [0.717, 1.165) is 30.6 Å². The second-order valence-electron chi connectivity index (χ2n) is 6.49. The van der Waals surface area contributed by atoms with Crippen LogP contribution in [0.1, 0.15) is 42.6 Å². The molecule has 0 spiro atoms. The van der Waals surface area contributed by atoms with Crippen molar-refractivity contribution >= 4 is 11.8 Å². The summed E-state index contributed by atoms with van der Waals surface area (Å²) in [5.74, 6) is 0.652. The third-order valence-corrected chi connectivity index (χ3v) is 4.02. The van der Waals surface area contributed by atoms with Crippen LogP contribution in [-0.4, -0.2) is 47.8 Å². The van der Waals surface area contributed by atoms with Crippen molar-refractivity contribution < 1.29 is 9.59 Å². The van der Waals surface area contributed by atoms with E-state index in [1.54, 1.807) is 0 Å². The Labute approximate surface area is 133 Å². The van der Waals surface area contributed by atoms with Gasteiger partial charge >= 0.3 is 0 Å². The number of benzene rings is 1. The first kappa shape index (κ1) is 16.5. The molecule has 1 aromatic rings. The van der Waals surface area contributed by atoms with Crippen molar-refractivity contribution in [3.05, 3.63) is 35.4 Å². The molecule has 0 aromatic heterocycles. The highest BCUT2D eigenvalue weighted by molar-refractivity contribution is 5.94. The summed E-state index contributed by atoms with van der Waals surface area (Å²) >= 11 is 0. The Balaban J connectivity index is 1.96. The Morgan fingerprint density at radius 3 is 2.23 bits per heavy atom. The largest absolute Gasteiger partial charge is 0.341 e. The summed E-state index contributed by atoms with van der Waals surface area (Å²) in [5, 5.41) is 0. The molecule has 0 aliphatic carbocycles. The molecule has 4 nitrogen and oxygen atoms in total. The molecule has 1 aromatic carbocycles. The first-order valence-corrected chi connectivity index (χ1v) is 8.11. The third-order valence-electron chi connectivity index (χ3n) is 4.02. The quantitative estimate of drug-likeness (QED) is 0.861. The minimum atomic E-state index is 0.0677. The van der Waals surface area contributed by atoms with Crippen LogP contribution in [0.2, 0.25) is 0 Å². The number of nitrogens with zero attached hydrogens (tertiary/aromatic N) is 2. The summed E-state index contributed by atoms with van der Waals surface area (Å²) in [4.78, 5) is 28.5. The molecule has 2 rings (SSSR count). The number of amides is 2. The van der Waals surface area contributed by atoms with Crippen LogP contribution in [0.15, 0.2) is 24.3 Å². The highest BCUT2D eigenvalue weighted by atomic mass is 16.2. The van der Waals surface area contributed by atoms with Gasteiger partial charge in [0, 0.05) is 38.2 Å². The van der Waals surface area contributed by atoms with E-state index in [2.05, 4.69) is 13.8 Å². The molecule has 0 saturated carbocycles. The summed E-state index contributed by atoms with van der Waals surface area (Å²) < 4.78 is 0. The smallest absolute Gasteiger partial charge is 0.253 e. The van der Waals surface area contributed by atoms with Crippen LogP contribution in [0.5, 0.6) is 0 Å². The Bertz CT molecular complexity index is 522. The van der Waals surface area contributed by atoms with Gasteiger partial charge in [-0.25, -0.2) is 0 Å². The lowest BCUT2D eigenvalue weighted by Crippen LogP contribution is -2.37. The number of rotatable bonds is 3. The maximum atomic E-state index is 12.5. The standard InChI is InChI=1S/C18H26N2O2/c1-14(2)13-17(21)19-9-4-10-20(12-11-19)18(22)16-7-5-15(3)6-8-16/h5-8,14H,4,9-13H2,1-3H3. The van der Waals surface area contributed by atoms with E-state index in [1.807, 2.05) is 41.0 Å². The van der Waals surface area contributed by atoms with Crippen LogP contribution in [0.25, 0.3) is 0 Å². The number of carbonyl (C=O) groups is 2. The zero-order valence-electron chi connectivity index (χ0n) is 13.8. The van der Waals surface area contributed by atoms with E-state index < -0.39 is 0 Å². The fourth-order valence-corrected chi connectivity index (χ4v) is 2.73. The molecule has 0 atom stereocenters. The molecule has 1 aliphatic heterocycles. The molecule has 1 heterocycles. The molecule has 1 saturated heterocycles. The fourth-order valence-electron chi connectivity index (χ4n) is 2.73. The lowest BCUT2D eigenvalue weighted by Gasteiger charge is -2.23. The lowest BCUT2D eigenvalue weighted by molar-refractivity contribution is -0.131. The third kappa shape index (κ3) is 4.33. The van der Waals surface area contributed by atoms with Gasteiger partial charge in [-0.15, -0.1) is 0 Å². The molecule has 0 unspecified atom stereocenters. The predicted molar refractivity (Wildman–Crippen MR) is 87.7 cm³/mol. The number of hydrogen-bond acceptors (Lipinski definition) is 2. The molecule has 0 radical (unpaired) electrons. The van der Waals surface area contributed by atoms with Crippen LogP contribution < -0.4 is 0 Å². The highest BCUT2D eigenvalue weighted by Crippen LogP contribution is 2.12. The molecule has 0 N–H and O–H groups in total. The van der Waals surface area contributed by atoms with Crippen LogP contribution in [-0.2, 0) is 4.79 Å².